The third-order valence-corrected chi connectivity index (χ3v) is 3.44. The molecule has 0 aliphatic heterocycles. The molecule has 3 nitrogen and oxygen atoms in total. The molecule has 19 heavy (non-hydrogen) atoms. The first-order chi connectivity index (χ1) is 9.16. The van der Waals surface area contributed by atoms with Gasteiger partial charge in [-0.2, -0.15) is 0 Å². The van der Waals surface area contributed by atoms with E-state index >= 15 is 0 Å². The quantitative estimate of drug-likeness (QED) is 0.881. The Morgan fingerprint density at radius 1 is 1.16 bits per heavy atom. The largest absolute Gasteiger partial charge is 0.478 e. The lowest BCUT2D eigenvalue weighted by molar-refractivity contribution is 0.0697. The van der Waals surface area contributed by atoms with Crippen LogP contribution in [0.25, 0.3) is 0 Å². The number of carbonyl (C=O) groups is 1. The van der Waals surface area contributed by atoms with Crippen molar-refractivity contribution >= 4 is 27.6 Å². The average Bonchev–Trinajstić information content (AvgIpc) is 2.41. The minimum absolute atomic E-state index is 0.278. The molecule has 0 aliphatic rings. The maximum absolute atomic E-state index is 10.8. The van der Waals surface area contributed by atoms with Crippen LogP contribution in [0, 0.1) is 0 Å². The molecule has 0 bridgehead atoms. The normalized spacial score (nSPS) is 10.2. The van der Waals surface area contributed by atoms with Crippen LogP contribution in [-0.4, -0.2) is 17.6 Å². The SMILES string of the molecule is O=C(O)c1ccc(NCCc2ccccc2)c(Br)c1. The molecule has 0 fully saturated rings. The summed E-state index contributed by atoms with van der Waals surface area (Å²) in [5.74, 6) is -0.920. The van der Waals surface area contributed by atoms with E-state index in [-0.39, 0.29) is 5.56 Å². The molecule has 0 unspecified atom stereocenters. The molecule has 0 spiro atoms. The van der Waals surface area contributed by atoms with Crippen LogP contribution in [0.4, 0.5) is 5.69 Å². The van der Waals surface area contributed by atoms with Crippen molar-refractivity contribution in [2.45, 2.75) is 6.42 Å². The van der Waals surface area contributed by atoms with Gasteiger partial charge in [0.2, 0.25) is 0 Å². The number of nitrogens with one attached hydrogen (secondary N) is 1. The zero-order valence-electron chi connectivity index (χ0n) is 10.3. The highest BCUT2D eigenvalue weighted by molar-refractivity contribution is 9.10. The minimum atomic E-state index is -0.920. The third-order valence-electron chi connectivity index (χ3n) is 2.79. The van der Waals surface area contributed by atoms with Crippen molar-refractivity contribution in [1.82, 2.24) is 0 Å². The first-order valence-corrected chi connectivity index (χ1v) is 6.77. The number of anilines is 1. The standard InChI is InChI=1S/C15H14BrNO2/c16-13-10-12(15(18)19)6-7-14(13)17-9-8-11-4-2-1-3-5-11/h1-7,10,17H,8-9H2,(H,18,19). The van der Waals surface area contributed by atoms with Crippen LogP contribution in [0.15, 0.2) is 53.0 Å². The Bertz CT molecular complexity index is 570. The van der Waals surface area contributed by atoms with Gasteiger partial charge in [-0.1, -0.05) is 30.3 Å². The summed E-state index contributed by atoms with van der Waals surface area (Å²) in [5, 5.41) is 12.2. The Kier molecular flexibility index (Phi) is 4.58. The number of rotatable bonds is 5. The molecule has 4 heteroatoms. The van der Waals surface area contributed by atoms with E-state index in [0.29, 0.717) is 0 Å². The summed E-state index contributed by atoms with van der Waals surface area (Å²) in [4.78, 5) is 10.8. The molecule has 2 aromatic carbocycles. The summed E-state index contributed by atoms with van der Waals surface area (Å²) in [6.45, 7) is 0.801. The van der Waals surface area contributed by atoms with Crippen molar-refractivity contribution in [2.24, 2.45) is 0 Å². The lowest BCUT2D eigenvalue weighted by Gasteiger charge is -2.09. The molecule has 2 N–H and O–H groups in total. The molecule has 0 heterocycles. The summed E-state index contributed by atoms with van der Waals surface area (Å²) in [6, 6.07) is 15.2. The predicted octanol–water partition coefficient (Wildman–Crippen LogP) is 3.80. The van der Waals surface area contributed by atoms with Crippen LogP contribution in [0.2, 0.25) is 0 Å². The molecule has 2 aromatic rings. The van der Waals surface area contributed by atoms with E-state index in [4.69, 9.17) is 5.11 Å². The summed E-state index contributed by atoms with van der Waals surface area (Å²) >= 11 is 3.38. The topological polar surface area (TPSA) is 49.3 Å². The first kappa shape index (κ1) is 13.6. The van der Waals surface area contributed by atoms with Gasteiger partial charge < -0.3 is 10.4 Å². The van der Waals surface area contributed by atoms with Gasteiger partial charge in [0.1, 0.15) is 0 Å². The summed E-state index contributed by atoms with van der Waals surface area (Å²) in [6.07, 6.45) is 0.925. The Balaban J connectivity index is 1.95. The van der Waals surface area contributed by atoms with Gasteiger partial charge in [-0.15, -0.1) is 0 Å². The second-order valence-corrected chi connectivity index (χ2v) is 5.02. The van der Waals surface area contributed by atoms with E-state index in [1.807, 2.05) is 18.2 Å². The van der Waals surface area contributed by atoms with Crippen LogP contribution >= 0.6 is 15.9 Å². The summed E-state index contributed by atoms with van der Waals surface area (Å²) in [7, 11) is 0. The highest BCUT2D eigenvalue weighted by Gasteiger charge is 2.06. The zero-order chi connectivity index (χ0) is 13.7. The highest BCUT2D eigenvalue weighted by atomic mass is 79.9. The van der Waals surface area contributed by atoms with E-state index in [0.717, 1.165) is 23.1 Å². The number of hydrogen-bond donors (Lipinski definition) is 2. The fourth-order valence-electron chi connectivity index (χ4n) is 1.78. The van der Waals surface area contributed by atoms with Gasteiger partial charge in [0.05, 0.1) is 5.56 Å². The van der Waals surface area contributed by atoms with Crippen LogP contribution in [0.1, 0.15) is 15.9 Å². The van der Waals surface area contributed by atoms with Gasteiger partial charge >= 0.3 is 5.97 Å². The zero-order valence-corrected chi connectivity index (χ0v) is 11.9. The molecule has 98 valence electrons. The summed E-state index contributed by atoms with van der Waals surface area (Å²) < 4.78 is 0.764. The molecule has 0 amide bonds. The van der Waals surface area contributed by atoms with E-state index in [1.54, 1.807) is 18.2 Å². The van der Waals surface area contributed by atoms with Gasteiger partial charge in [-0.05, 0) is 46.1 Å². The fraction of sp³-hybridized carbons (Fsp3) is 0.133. The Morgan fingerprint density at radius 2 is 1.89 bits per heavy atom. The number of carboxylic acids is 1. The van der Waals surface area contributed by atoms with Crippen molar-refractivity contribution in [2.75, 3.05) is 11.9 Å². The Morgan fingerprint density at radius 3 is 2.53 bits per heavy atom. The lowest BCUT2D eigenvalue weighted by Crippen LogP contribution is -2.06. The number of hydrogen-bond acceptors (Lipinski definition) is 2. The molecule has 0 aromatic heterocycles. The number of halogens is 1. The van der Waals surface area contributed by atoms with Gasteiger partial charge in [-0.25, -0.2) is 4.79 Å². The Hall–Kier alpha value is -1.81. The van der Waals surface area contributed by atoms with E-state index < -0.39 is 5.97 Å². The number of aromatic carboxylic acids is 1. The molecule has 2 rings (SSSR count). The molecule has 0 saturated carbocycles. The van der Waals surface area contributed by atoms with E-state index in [2.05, 4.69) is 33.4 Å². The minimum Gasteiger partial charge on any atom is -0.478 e. The predicted molar refractivity (Wildman–Crippen MR) is 79.7 cm³/mol. The molecular formula is C15H14BrNO2. The molecule has 0 radical (unpaired) electrons. The number of carboxylic acid groups (broad SMARTS) is 1. The van der Waals surface area contributed by atoms with Crippen LogP contribution in [-0.2, 0) is 6.42 Å². The van der Waals surface area contributed by atoms with Crippen LogP contribution < -0.4 is 5.32 Å². The van der Waals surface area contributed by atoms with Crippen molar-refractivity contribution in [3.8, 4) is 0 Å². The van der Waals surface area contributed by atoms with Crippen molar-refractivity contribution in [1.29, 1.82) is 0 Å². The second kappa shape index (κ2) is 6.38. The second-order valence-electron chi connectivity index (χ2n) is 4.16. The van der Waals surface area contributed by atoms with E-state index in [9.17, 15) is 4.79 Å². The Labute approximate surface area is 120 Å². The smallest absolute Gasteiger partial charge is 0.335 e. The maximum atomic E-state index is 10.8. The monoisotopic (exact) mass is 319 g/mol. The van der Waals surface area contributed by atoms with Gasteiger partial charge in [0.25, 0.3) is 0 Å². The summed E-state index contributed by atoms with van der Waals surface area (Å²) in [5.41, 5.74) is 2.45. The third kappa shape index (κ3) is 3.83. The van der Waals surface area contributed by atoms with Crippen LogP contribution in [0.5, 0.6) is 0 Å². The fourth-order valence-corrected chi connectivity index (χ4v) is 2.30. The average molecular weight is 320 g/mol. The van der Waals surface area contributed by atoms with E-state index in [1.165, 1.54) is 5.56 Å². The lowest BCUT2D eigenvalue weighted by atomic mass is 10.1. The van der Waals surface area contributed by atoms with Gasteiger partial charge in [0, 0.05) is 16.7 Å². The van der Waals surface area contributed by atoms with Gasteiger partial charge in [-0.3, -0.25) is 0 Å². The molecule has 0 atom stereocenters. The van der Waals surface area contributed by atoms with Crippen molar-refractivity contribution in [3.05, 3.63) is 64.1 Å². The maximum Gasteiger partial charge on any atom is 0.335 e. The molecule has 0 saturated heterocycles. The highest BCUT2D eigenvalue weighted by Crippen LogP contribution is 2.23. The van der Waals surface area contributed by atoms with Crippen LogP contribution in [0.3, 0.4) is 0 Å². The molecular weight excluding hydrogens is 306 g/mol. The van der Waals surface area contributed by atoms with Crippen molar-refractivity contribution < 1.29 is 9.90 Å². The van der Waals surface area contributed by atoms with Crippen molar-refractivity contribution in [3.63, 3.8) is 0 Å². The molecule has 0 aliphatic carbocycles. The number of benzene rings is 2. The first-order valence-electron chi connectivity index (χ1n) is 5.97. The van der Waals surface area contributed by atoms with Gasteiger partial charge in [0.15, 0.2) is 0 Å².